The molecule has 0 fully saturated rings. The van der Waals surface area contributed by atoms with Gasteiger partial charge in [-0.3, -0.25) is 4.90 Å². The molecule has 0 aliphatic carbocycles. The number of hydrogen-bond acceptors (Lipinski definition) is 3. The molecule has 0 radical (unpaired) electrons. The fraction of sp³-hybridized carbons (Fsp3) is 0.192. The Morgan fingerprint density at radius 3 is 2.00 bits per heavy atom. The first-order chi connectivity index (χ1) is 14.5. The van der Waals surface area contributed by atoms with Gasteiger partial charge in [0.2, 0.25) is 0 Å². The fourth-order valence-corrected chi connectivity index (χ4v) is 4.05. The van der Waals surface area contributed by atoms with Crippen LogP contribution in [-0.4, -0.2) is 28.3 Å². The molecule has 1 aromatic heterocycles. The number of hydrogen-bond donors (Lipinski definition) is 0. The Kier molecular flexibility index (Phi) is 5.32. The van der Waals surface area contributed by atoms with Crippen molar-refractivity contribution in [2.75, 3.05) is 33.2 Å². The Labute approximate surface area is 177 Å². The lowest BCUT2D eigenvalue weighted by molar-refractivity contribution is -0.646. The number of fused-ring (bicyclic) bond motifs is 1. The van der Waals surface area contributed by atoms with Crippen molar-refractivity contribution in [3.05, 3.63) is 72.8 Å². The monoisotopic (exact) mass is 399 g/mol. The Morgan fingerprint density at radius 2 is 1.33 bits per heavy atom. The van der Waals surface area contributed by atoms with Crippen LogP contribution < -0.4 is 18.9 Å². The highest BCUT2D eigenvalue weighted by molar-refractivity contribution is 5.95. The SMILES string of the molecule is COc1cc2cc(-c3cccc(-c4ccccc4)c3)[n+](C)c(N(C)C)c2cc1OC. The minimum absolute atomic E-state index is 0.729. The van der Waals surface area contributed by atoms with E-state index in [9.17, 15) is 0 Å². The largest absolute Gasteiger partial charge is 0.493 e. The molecule has 0 saturated carbocycles. The van der Waals surface area contributed by atoms with E-state index >= 15 is 0 Å². The summed E-state index contributed by atoms with van der Waals surface area (Å²) < 4.78 is 13.3. The van der Waals surface area contributed by atoms with Crippen LogP contribution in [0.5, 0.6) is 11.5 Å². The van der Waals surface area contributed by atoms with Crippen LogP contribution in [0.2, 0.25) is 0 Å². The summed E-state index contributed by atoms with van der Waals surface area (Å²) in [4.78, 5) is 2.14. The van der Waals surface area contributed by atoms with E-state index in [1.807, 2.05) is 18.2 Å². The maximum absolute atomic E-state index is 5.55. The van der Waals surface area contributed by atoms with Gasteiger partial charge in [0.05, 0.1) is 40.7 Å². The minimum atomic E-state index is 0.729. The number of benzene rings is 3. The van der Waals surface area contributed by atoms with Gasteiger partial charge in [0.25, 0.3) is 5.82 Å². The Bertz CT molecular complexity index is 1200. The van der Waals surface area contributed by atoms with E-state index in [1.54, 1.807) is 14.2 Å². The third kappa shape index (κ3) is 3.45. The van der Waals surface area contributed by atoms with Crippen LogP contribution in [0.1, 0.15) is 0 Å². The standard InChI is InChI=1S/C26H27N2O2/c1-27(2)26-22-17-25(30-5)24(29-4)16-21(22)15-23(28(26)3)20-13-9-12-19(14-20)18-10-7-6-8-11-18/h6-17H,1-5H3/q+1. The number of nitrogens with zero attached hydrogens (tertiary/aromatic N) is 2. The lowest BCUT2D eigenvalue weighted by Crippen LogP contribution is -2.38. The summed E-state index contributed by atoms with van der Waals surface area (Å²) in [5.74, 6) is 2.56. The average Bonchev–Trinajstić information content (AvgIpc) is 2.78. The van der Waals surface area contributed by atoms with E-state index in [0.29, 0.717) is 0 Å². The first kappa shape index (κ1) is 19.8. The zero-order chi connectivity index (χ0) is 21.3. The molecule has 0 spiro atoms. The summed E-state index contributed by atoms with van der Waals surface area (Å²) in [5, 5.41) is 2.22. The first-order valence-electron chi connectivity index (χ1n) is 9.95. The number of anilines is 1. The molecule has 4 nitrogen and oxygen atoms in total. The second-order valence-corrected chi connectivity index (χ2v) is 7.55. The van der Waals surface area contributed by atoms with E-state index < -0.39 is 0 Å². The molecule has 1 heterocycles. The van der Waals surface area contributed by atoms with Gasteiger partial charge in [0, 0.05) is 11.6 Å². The van der Waals surface area contributed by atoms with E-state index in [-0.39, 0.29) is 0 Å². The smallest absolute Gasteiger partial charge is 0.284 e. The van der Waals surface area contributed by atoms with Gasteiger partial charge in [0.1, 0.15) is 5.69 Å². The van der Waals surface area contributed by atoms with E-state index in [0.717, 1.165) is 33.8 Å². The van der Waals surface area contributed by atoms with Crippen LogP contribution in [0.25, 0.3) is 33.2 Å². The molecule has 0 saturated heterocycles. The van der Waals surface area contributed by atoms with Crippen LogP contribution >= 0.6 is 0 Å². The lowest BCUT2D eigenvalue weighted by atomic mass is 10.00. The zero-order valence-electron chi connectivity index (χ0n) is 18.1. The van der Waals surface area contributed by atoms with E-state index in [4.69, 9.17) is 9.47 Å². The highest BCUT2D eigenvalue weighted by Crippen LogP contribution is 2.37. The van der Waals surface area contributed by atoms with Crippen LogP contribution in [0, 0.1) is 0 Å². The molecule has 0 bridgehead atoms. The molecule has 0 aliphatic heterocycles. The maximum Gasteiger partial charge on any atom is 0.284 e. The molecule has 152 valence electrons. The summed E-state index contributed by atoms with van der Waals surface area (Å²) >= 11 is 0. The van der Waals surface area contributed by atoms with Crippen molar-refractivity contribution in [1.82, 2.24) is 0 Å². The van der Waals surface area contributed by atoms with Crippen LogP contribution in [0.15, 0.2) is 72.8 Å². The second-order valence-electron chi connectivity index (χ2n) is 7.55. The van der Waals surface area contributed by atoms with Crippen molar-refractivity contribution >= 4 is 16.6 Å². The molecule has 0 aliphatic rings. The second kappa shape index (κ2) is 8.07. The Balaban J connectivity index is 1.97. The predicted octanol–water partition coefficient (Wildman–Crippen LogP) is 5.08. The fourth-order valence-electron chi connectivity index (χ4n) is 4.05. The summed E-state index contributed by atoms with van der Waals surface area (Å²) in [6.45, 7) is 0. The van der Waals surface area contributed by atoms with Crippen molar-refractivity contribution in [1.29, 1.82) is 0 Å². The van der Waals surface area contributed by atoms with Gasteiger partial charge in [-0.05, 0) is 34.7 Å². The molecule has 4 rings (SSSR count). The lowest BCUT2D eigenvalue weighted by Gasteiger charge is -2.17. The summed E-state index contributed by atoms with van der Waals surface area (Å²) in [7, 11) is 9.58. The van der Waals surface area contributed by atoms with E-state index in [2.05, 4.69) is 85.2 Å². The average molecular weight is 400 g/mol. The van der Waals surface area contributed by atoms with Crippen molar-refractivity contribution in [2.45, 2.75) is 0 Å². The van der Waals surface area contributed by atoms with E-state index in [1.165, 1.54) is 16.7 Å². The minimum Gasteiger partial charge on any atom is -0.493 e. The van der Waals surface area contributed by atoms with Gasteiger partial charge >= 0.3 is 0 Å². The van der Waals surface area contributed by atoms with Gasteiger partial charge in [0.15, 0.2) is 11.5 Å². The quantitative estimate of drug-likeness (QED) is 0.438. The molecule has 4 heteroatoms. The van der Waals surface area contributed by atoms with Gasteiger partial charge in [-0.15, -0.1) is 0 Å². The first-order valence-corrected chi connectivity index (χ1v) is 9.95. The predicted molar refractivity (Wildman–Crippen MR) is 123 cm³/mol. The maximum atomic E-state index is 5.55. The summed E-state index contributed by atoms with van der Waals surface area (Å²) in [6.07, 6.45) is 0. The molecule has 4 aromatic rings. The third-order valence-electron chi connectivity index (χ3n) is 5.46. The summed E-state index contributed by atoms with van der Waals surface area (Å²) in [5.41, 5.74) is 4.71. The Morgan fingerprint density at radius 1 is 0.700 bits per heavy atom. The zero-order valence-corrected chi connectivity index (χ0v) is 18.1. The van der Waals surface area contributed by atoms with Crippen LogP contribution in [-0.2, 0) is 7.05 Å². The molecule has 30 heavy (non-hydrogen) atoms. The van der Waals surface area contributed by atoms with Crippen LogP contribution in [0.4, 0.5) is 5.82 Å². The van der Waals surface area contributed by atoms with Gasteiger partial charge in [-0.1, -0.05) is 48.5 Å². The number of rotatable bonds is 5. The molecule has 0 unspecified atom stereocenters. The van der Waals surface area contributed by atoms with Gasteiger partial charge < -0.3 is 9.47 Å². The molecular weight excluding hydrogens is 372 g/mol. The number of aromatic nitrogens is 1. The summed E-state index contributed by atoms with van der Waals surface area (Å²) in [6, 6.07) is 25.5. The normalized spacial score (nSPS) is 10.8. The number of methoxy groups -OCH3 is 2. The number of pyridine rings is 1. The molecule has 0 N–H and O–H groups in total. The van der Waals surface area contributed by atoms with Crippen LogP contribution in [0.3, 0.4) is 0 Å². The molecule has 3 aromatic carbocycles. The number of ether oxygens (including phenoxy) is 2. The van der Waals surface area contributed by atoms with Gasteiger partial charge in [-0.2, -0.15) is 0 Å². The molecular formula is C26H27N2O2+. The Hall–Kier alpha value is -3.53. The van der Waals surface area contributed by atoms with Crippen molar-refractivity contribution in [3.8, 4) is 33.9 Å². The highest BCUT2D eigenvalue weighted by atomic mass is 16.5. The van der Waals surface area contributed by atoms with Crippen molar-refractivity contribution < 1.29 is 14.0 Å². The molecule has 0 amide bonds. The topological polar surface area (TPSA) is 25.6 Å². The highest BCUT2D eigenvalue weighted by Gasteiger charge is 2.22. The molecule has 0 atom stereocenters. The van der Waals surface area contributed by atoms with Crippen molar-refractivity contribution in [3.63, 3.8) is 0 Å². The van der Waals surface area contributed by atoms with Crippen molar-refractivity contribution in [2.24, 2.45) is 7.05 Å². The third-order valence-corrected chi connectivity index (χ3v) is 5.46. The van der Waals surface area contributed by atoms with Gasteiger partial charge in [-0.25, -0.2) is 4.57 Å².